The standard InChI is InChI=1S/C14H10N2O3S/c15-13(18)9-6-8(3-4-11(9)17)10-7-20-14(16-10)12-2-1-5-19-12/h1-7,17H,(H2,15,18). The van der Waals surface area contributed by atoms with E-state index >= 15 is 0 Å². The summed E-state index contributed by atoms with van der Waals surface area (Å²) in [6, 6.07) is 8.26. The minimum absolute atomic E-state index is 0.0787. The number of aromatic hydroxyl groups is 1. The van der Waals surface area contributed by atoms with Crippen LogP contribution in [0.2, 0.25) is 0 Å². The Morgan fingerprint density at radius 1 is 1.35 bits per heavy atom. The number of nitrogens with two attached hydrogens (primary N) is 1. The molecule has 20 heavy (non-hydrogen) atoms. The van der Waals surface area contributed by atoms with Crippen LogP contribution < -0.4 is 5.73 Å². The number of primary amides is 1. The van der Waals surface area contributed by atoms with Crippen LogP contribution in [0.4, 0.5) is 0 Å². The maximum atomic E-state index is 11.2. The highest BCUT2D eigenvalue weighted by Gasteiger charge is 2.12. The zero-order chi connectivity index (χ0) is 14.1. The molecule has 0 unspecified atom stereocenters. The molecule has 0 saturated carbocycles. The number of rotatable bonds is 3. The molecule has 0 saturated heterocycles. The molecular weight excluding hydrogens is 276 g/mol. The number of phenols is 1. The zero-order valence-corrected chi connectivity index (χ0v) is 11.1. The molecular formula is C14H10N2O3S. The van der Waals surface area contributed by atoms with Gasteiger partial charge in [0.15, 0.2) is 10.8 Å². The monoisotopic (exact) mass is 286 g/mol. The van der Waals surface area contributed by atoms with E-state index in [1.54, 1.807) is 18.4 Å². The highest BCUT2D eigenvalue weighted by molar-refractivity contribution is 7.13. The molecule has 3 rings (SSSR count). The third-order valence-electron chi connectivity index (χ3n) is 2.79. The molecule has 6 heteroatoms. The lowest BCUT2D eigenvalue weighted by Gasteiger charge is -2.02. The van der Waals surface area contributed by atoms with Crippen LogP contribution in [0.1, 0.15) is 10.4 Å². The van der Waals surface area contributed by atoms with Crippen molar-refractivity contribution in [1.82, 2.24) is 4.98 Å². The van der Waals surface area contributed by atoms with Crippen molar-refractivity contribution in [3.8, 4) is 27.8 Å². The van der Waals surface area contributed by atoms with E-state index in [-0.39, 0.29) is 11.3 Å². The summed E-state index contributed by atoms with van der Waals surface area (Å²) in [5.74, 6) is -0.122. The predicted octanol–water partition coefficient (Wildman–Crippen LogP) is 2.87. The molecule has 2 heterocycles. The van der Waals surface area contributed by atoms with Gasteiger partial charge in [0.2, 0.25) is 0 Å². The van der Waals surface area contributed by atoms with Crippen molar-refractivity contribution < 1.29 is 14.3 Å². The number of amides is 1. The molecule has 0 atom stereocenters. The molecule has 5 nitrogen and oxygen atoms in total. The van der Waals surface area contributed by atoms with Gasteiger partial charge in [0, 0.05) is 10.9 Å². The van der Waals surface area contributed by atoms with Crippen molar-refractivity contribution in [1.29, 1.82) is 0 Å². The van der Waals surface area contributed by atoms with Gasteiger partial charge in [-0.25, -0.2) is 4.98 Å². The lowest BCUT2D eigenvalue weighted by atomic mass is 10.1. The fourth-order valence-electron chi connectivity index (χ4n) is 1.81. The molecule has 0 aliphatic carbocycles. The topological polar surface area (TPSA) is 89.4 Å². The van der Waals surface area contributed by atoms with Crippen LogP contribution in [-0.4, -0.2) is 16.0 Å². The summed E-state index contributed by atoms with van der Waals surface area (Å²) in [5, 5.41) is 12.2. The van der Waals surface area contributed by atoms with Gasteiger partial charge in [-0.3, -0.25) is 4.79 Å². The van der Waals surface area contributed by atoms with E-state index in [2.05, 4.69) is 4.98 Å². The fourth-order valence-corrected chi connectivity index (χ4v) is 2.61. The van der Waals surface area contributed by atoms with Gasteiger partial charge in [-0.2, -0.15) is 0 Å². The first-order valence-electron chi connectivity index (χ1n) is 5.78. The van der Waals surface area contributed by atoms with Crippen molar-refractivity contribution in [2.24, 2.45) is 5.73 Å². The number of hydrogen-bond acceptors (Lipinski definition) is 5. The van der Waals surface area contributed by atoms with Crippen LogP contribution in [0.5, 0.6) is 5.75 Å². The maximum Gasteiger partial charge on any atom is 0.252 e. The molecule has 1 aromatic carbocycles. The van der Waals surface area contributed by atoms with E-state index in [0.29, 0.717) is 17.0 Å². The summed E-state index contributed by atoms with van der Waals surface area (Å²) < 4.78 is 5.28. The van der Waals surface area contributed by atoms with E-state index in [1.807, 2.05) is 11.4 Å². The van der Waals surface area contributed by atoms with Crippen molar-refractivity contribution >= 4 is 17.2 Å². The van der Waals surface area contributed by atoms with Crippen LogP contribution in [0.3, 0.4) is 0 Å². The number of aromatic nitrogens is 1. The Kier molecular flexibility index (Phi) is 3.00. The smallest absolute Gasteiger partial charge is 0.252 e. The summed E-state index contributed by atoms with van der Waals surface area (Å²) in [4.78, 5) is 15.7. The van der Waals surface area contributed by atoms with Crippen LogP contribution in [0, 0.1) is 0 Å². The third-order valence-corrected chi connectivity index (χ3v) is 3.65. The van der Waals surface area contributed by atoms with Gasteiger partial charge in [0.05, 0.1) is 17.5 Å². The van der Waals surface area contributed by atoms with Crippen molar-refractivity contribution in [2.45, 2.75) is 0 Å². The number of nitrogens with zero attached hydrogens (tertiary/aromatic N) is 1. The van der Waals surface area contributed by atoms with Gasteiger partial charge in [-0.05, 0) is 30.3 Å². The van der Waals surface area contributed by atoms with E-state index in [1.165, 1.54) is 23.5 Å². The Labute approximate surface area is 118 Å². The first-order chi connectivity index (χ1) is 9.65. The average Bonchev–Trinajstić information content (AvgIpc) is 3.09. The zero-order valence-electron chi connectivity index (χ0n) is 10.2. The minimum atomic E-state index is -0.675. The van der Waals surface area contributed by atoms with E-state index < -0.39 is 5.91 Å². The Morgan fingerprint density at radius 3 is 2.90 bits per heavy atom. The minimum Gasteiger partial charge on any atom is -0.507 e. The SMILES string of the molecule is NC(=O)c1cc(-c2csc(-c3ccco3)n2)ccc1O. The third kappa shape index (κ3) is 2.17. The van der Waals surface area contributed by atoms with Crippen LogP contribution in [-0.2, 0) is 0 Å². The van der Waals surface area contributed by atoms with E-state index in [9.17, 15) is 9.90 Å². The number of thiazole rings is 1. The molecule has 0 aliphatic heterocycles. The number of carbonyl (C=O) groups is 1. The van der Waals surface area contributed by atoms with Gasteiger partial charge in [0.1, 0.15) is 5.75 Å². The van der Waals surface area contributed by atoms with Gasteiger partial charge < -0.3 is 15.3 Å². The van der Waals surface area contributed by atoms with E-state index in [0.717, 1.165) is 5.01 Å². The van der Waals surface area contributed by atoms with E-state index in [4.69, 9.17) is 10.2 Å². The fraction of sp³-hybridized carbons (Fsp3) is 0. The maximum absolute atomic E-state index is 11.2. The van der Waals surface area contributed by atoms with Gasteiger partial charge >= 0.3 is 0 Å². The number of carbonyl (C=O) groups excluding carboxylic acids is 1. The number of benzene rings is 1. The predicted molar refractivity (Wildman–Crippen MR) is 75.4 cm³/mol. The molecule has 2 aromatic heterocycles. The highest BCUT2D eigenvalue weighted by Crippen LogP contribution is 2.31. The molecule has 3 N–H and O–H groups in total. The second kappa shape index (κ2) is 4.82. The lowest BCUT2D eigenvalue weighted by Crippen LogP contribution is -2.11. The Hall–Kier alpha value is -2.60. The van der Waals surface area contributed by atoms with Crippen LogP contribution in [0.25, 0.3) is 22.0 Å². The van der Waals surface area contributed by atoms with Gasteiger partial charge in [-0.15, -0.1) is 11.3 Å². The summed E-state index contributed by atoms with van der Waals surface area (Å²) in [5.41, 5.74) is 6.70. The number of furan rings is 1. The lowest BCUT2D eigenvalue weighted by molar-refractivity contribution is 0.0998. The molecule has 1 amide bonds. The first-order valence-corrected chi connectivity index (χ1v) is 6.65. The largest absolute Gasteiger partial charge is 0.507 e. The van der Waals surface area contributed by atoms with Crippen molar-refractivity contribution in [2.75, 3.05) is 0 Å². The summed E-state index contributed by atoms with van der Waals surface area (Å²) in [7, 11) is 0. The Balaban J connectivity index is 2.02. The van der Waals surface area contributed by atoms with Crippen LogP contribution in [0.15, 0.2) is 46.4 Å². The molecule has 3 aromatic rings. The van der Waals surface area contributed by atoms with Gasteiger partial charge in [0.25, 0.3) is 5.91 Å². The van der Waals surface area contributed by atoms with Crippen molar-refractivity contribution in [3.05, 3.63) is 47.5 Å². The second-order valence-corrected chi connectivity index (χ2v) is 4.97. The first kappa shape index (κ1) is 12.4. The molecule has 0 spiro atoms. The second-order valence-electron chi connectivity index (χ2n) is 4.11. The average molecular weight is 286 g/mol. The molecule has 0 bridgehead atoms. The summed E-state index contributed by atoms with van der Waals surface area (Å²) >= 11 is 1.44. The summed E-state index contributed by atoms with van der Waals surface area (Å²) in [6.07, 6.45) is 1.59. The van der Waals surface area contributed by atoms with Crippen LogP contribution >= 0.6 is 11.3 Å². The Morgan fingerprint density at radius 2 is 2.20 bits per heavy atom. The Bertz CT molecular complexity index is 763. The molecule has 0 radical (unpaired) electrons. The molecule has 0 aliphatic rings. The summed E-state index contributed by atoms with van der Waals surface area (Å²) in [6.45, 7) is 0. The van der Waals surface area contributed by atoms with Crippen molar-refractivity contribution in [3.63, 3.8) is 0 Å². The normalized spacial score (nSPS) is 10.6. The van der Waals surface area contributed by atoms with Gasteiger partial charge in [-0.1, -0.05) is 0 Å². The number of hydrogen-bond donors (Lipinski definition) is 2. The molecule has 0 fully saturated rings. The highest BCUT2D eigenvalue weighted by atomic mass is 32.1. The molecule has 100 valence electrons. The quantitative estimate of drug-likeness (QED) is 0.774.